The van der Waals surface area contributed by atoms with Crippen LogP contribution >= 0.6 is 0 Å². The Hall–Kier alpha value is -2.83. The number of carbonyl (C=O) groups excluding carboxylic acids is 1. The van der Waals surface area contributed by atoms with Crippen LogP contribution < -0.4 is 5.32 Å². The number of ether oxygens (including phenoxy) is 4. The van der Waals surface area contributed by atoms with Gasteiger partial charge in [0.05, 0.1) is 32.0 Å². The summed E-state index contributed by atoms with van der Waals surface area (Å²) in [6, 6.07) is -0.942. The number of aliphatic hydroxyl groups excluding tert-OH is 8. The van der Waals surface area contributed by atoms with Gasteiger partial charge in [0.2, 0.25) is 5.91 Å². The summed E-state index contributed by atoms with van der Waals surface area (Å²) in [4.78, 5) is 13.4. The van der Waals surface area contributed by atoms with E-state index in [1.807, 2.05) is 6.08 Å². The second-order valence-electron chi connectivity index (χ2n) is 31.0. The molecule has 0 aliphatic carbocycles. The fraction of sp³-hybridized carbons (Fsp3) is 0.835. The molecule has 2 aliphatic heterocycles. The third kappa shape index (κ3) is 56.1. The van der Waals surface area contributed by atoms with Crippen LogP contribution in [0.2, 0.25) is 0 Å². The van der Waals surface area contributed by atoms with Crippen molar-refractivity contribution in [2.24, 2.45) is 0 Å². The summed E-state index contributed by atoms with van der Waals surface area (Å²) in [5.74, 6) is -0.247. The minimum absolute atomic E-state index is 0.247. The SMILES string of the molecule is CC/C=C\C/C=C\C/C=C\C/C=C\CCCCCCCCCCCCCCCCCCCCCCCCCCCCC(=O)NC(COC1OC(CO)C(OC2OC(CO)C(O)C(O)C2O)C(O)C1O)C(O)/C=C/CC/C=C/CC/C=C/CCCCCCCCCCCCCCCCCCCCCCCC. The van der Waals surface area contributed by atoms with E-state index in [-0.39, 0.29) is 18.9 Å². The van der Waals surface area contributed by atoms with E-state index in [1.54, 1.807) is 6.08 Å². The molecule has 0 aromatic carbocycles. The molecule has 0 radical (unpaired) electrons. The number of carbonyl (C=O) groups is 1. The fourth-order valence-corrected chi connectivity index (χ4v) is 14.4. The molecule has 2 aliphatic rings. The smallest absolute Gasteiger partial charge is 0.220 e. The third-order valence-electron chi connectivity index (χ3n) is 21.3. The van der Waals surface area contributed by atoms with Gasteiger partial charge in [-0.15, -0.1) is 0 Å². The molecule has 1 amide bonds. The van der Waals surface area contributed by atoms with Crippen molar-refractivity contribution in [2.75, 3.05) is 19.8 Å². The van der Waals surface area contributed by atoms with Crippen molar-refractivity contribution in [1.82, 2.24) is 5.32 Å². The Balaban J connectivity index is 1.58. The van der Waals surface area contributed by atoms with Gasteiger partial charge in [-0.2, -0.15) is 0 Å². The summed E-state index contributed by atoms with van der Waals surface area (Å²) in [6.45, 7) is 2.72. The predicted octanol–water partition coefficient (Wildman–Crippen LogP) is 21.4. The van der Waals surface area contributed by atoms with Crippen LogP contribution in [-0.2, 0) is 23.7 Å². The van der Waals surface area contributed by atoms with Crippen LogP contribution in [0.3, 0.4) is 0 Å². The summed E-state index contributed by atoms with van der Waals surface area (Å²) in [5, 5.41) is 87.8. The van der Waals surface area contributed by atoms with Crippen molar-refractivity contribution < 1.29 is 64.6 Å². The van der Waals surface area contributed by atoms with Crippen LogP contribution in [-0.4, -0.2) is 140 Å². The van der Waals surface area contributed by atoms with E-state index in [4.69, 9.17) is 18.9 Å². The average molecular weight is 1480 g/mol. The van der Waals surface area contributed by atoms with Crippen molar-refractivity contribution >= 4 is 5.91 Å². The summed E-state index contributed by atoms with van der Waals surface area (Å²) in [7, 11) is 0. The molecular weight excluding hydrogens is 1310 g/mol. The van der Waals surface area contributed by atoms with E-state index in [2.05, 4.69) is 92.1 Å². The van der Waals surface area contributed by atoms with Gasteiger partial charge in [0, 0.05) is 6.42 Å². The standard InChI is InChI=1S/C91H165NO13/c1-3-5-7-9-11-13-15-17-19-21-23-25-27-29-31-33-35-37-38-39-40-41-42-43-45-47-49-51-53-55-57-59-61-63-65-67-69-71-73-75-83(96)92-79(78-102-90-88(101)86(99)89(82(77-94)104-90)105-91-87(100)85(98)84(97)81(76-93)103-91)80(95)74-72-70-68-66-64-62-60-58-56-54-52-50-48-46-44-36-34-32-30-28-26-24-22-20-18-16-14-12-10-8-6-4-2/h5,7,11,13,17,19,23,25,56,58,64,66,72,74,79-82,84-91,93-95,97-101H,3-4,6,8-10,12,14-16,18,20-22,24,26-55,57,59-63,65,67-71,73,75-78H2,1-2H3,(H,92,96)/b7-5-,13-11-,19-17-,25-23-,58-56+,66-64+,74-72+. The molecule has 0 bridgehead atoms. The molecule has 2 rings (SSSR count). The first-order valence-electron chi connectivity index (χ1n) is 44.3. The second kappa shape index (κ2) is 73.9. The Bertz CT molecular complexity index is 2090. The van der Waals surface area contributed by atoms with Crippen molar-refractivity contribution in [3.05, 3.63) is 85.1 Å². The molecule has 14 nitrogen and oxygen atoms in total. The summed E-state index contributed by atoms with van der Waals surface area (Å²) >= 11 is 0. The predicted molar refractivity (Wildman–Crippen MR) is 438 cm³/mol. The molecule has 12 unspecified atom stereocenters. The lowest BCUT2D eigenvalue weighted by atomic mass is 9.97. The largest absolute Gasteiger partial charge is 0.394 e. The number of allylic oxidation sites excluding steroid dienone is 13. The summed E-state index contributed by atoms with van der Waals surface area (Å²) in [6.07, 6.45) is 88.5. The Kier molecular flexibility index (Phi) is 69.2. The molecular formula is C91H165NO13. The van der Waals surface area contributed by atoms with E-state index >= 15 is 0 Å². The van der Waals surface area contributed by atoms with Gasteiger partial charge in [-0.25, -0.2) is 0 Å². The molecule has 0 aromatic rings. The molecule has 0 saturated carbocycles. The van der Waals surface area contributed by atoms with Gasteiger partial charge < -0.3 is 65.1 Å². The van der Waals surface area contributed by atoms with Crippen LogP contribution in [0.5, 0.6) is 0 Å². The van der Waals surface area contributed by atoms with Gasteiger partial charge in [0.15, 0.2) is 12.6 Å². The van der Waals surface area contributed by atoms with Crippen molar-refractivity contribution in [2.45, 2.75) is 466 Å². The number of amides is 1. The van der Waals surface area contributed by atoms with Crippen LogP contribution in [0.15, 0.2) is 85.1 Å². The molecule has 9 N–H and O–H groups in total. The third-order valence-corrected chi connectivity index (χ3v) is 21.3. The topological polar surface area (TPSA) is 228 Å². The summed E-state index contributed by atoms with van der Waals surface area (Å²) < 4.78 is 22.9. The fourth-order valence-electron chi connectivity index (χ4n) is 14.4. The molecule has 0 aromatic heterocycles. The van der Waals surface area contributed by atoms with Crippen LogP contribution in [0, 0.1) is 0 Å². The van der Waals surface area contributed by atoms with Gasteiger partial charge >= 0.3 is 0 Å². The van der Waals surface area contributed by atoms with Crippen LogP contribution in [0.1, 0.15) is 393 Å². The number of aliphatic hydroxyl groups is 8. The number of hydrogen-bond acceptors (Lipinski definition) is 13. The Morgan fingerprint density at radius 2 is 0.667 bits per heavy atom. The maximum Gasteiger partial charge on any atom is 0.220 e. The highest BCUT2D eigenvalue weighted by Gasteiger charge is 2.51. The molecule has 14 heteroatoms. The van der Waals surface area contributed by atoms with E-state index in [1.165, 1.54) is 289 Å². The molecule has 12 atom stereocenters. The number of rotatable bonds is 75. The molecule has 2 fully saturated rings. The minimum Gasteiger partial charge on any atom is -0.394 e. The molecule has 0 spiro atoms. The lowest BCUT2D eigenvalue weighted by molar-refractivity contribution is -0.359. The number of nitrogens with one attached hydrogen (secondary N) is 1. The normalized spacial score (nSPS) is 21.8. The van der Waals surface area contributed by atoms with Crippen LogP contribution in [0.25, 0.3) is 0 Å². The van der Waals surface area contributed by atoms with Gasteiger partial charge in [-0.1, -0.05) is 388 Å². The lowest BCUT2D eigenvalue weighted by Gasteiger charge is -2.46. The maximum absolute atomic E-state index is 13.4. The molecule has 105 heavy (non-hydrogen) atoms. The van der Waals surface area contributed by atoms with Gasteiger partial charge in [-0.05, 0) is 83.5 Å². The highest BCUT2D eigenvalue weighted by molar-refractivity contribution is 5.76. The molecule has 612 valence electrons. The Morgan fingerprint density at radius 3 is 1.05 bits per heavy atom. The number of hydrogen-bond donors (Lipinski definition) is 9. The van der Waals surface area contributed by atoms with E-state index in [0.29, 0.717) is 12.8 Å². The first-order valence-corrected chi connectivity index (χ1v) is 44.3. The van der Waals surface area contributed by atoms with Crippen molar-refractivity contribution in [3.8, 4) is 0 Å². The zero-order valence-corrected chi connectivity index (χ0v) is 67.5. The second-order valence-corrected chi connectivity index (χ2v) is 31.0. The zero-order valence-electron chi connectivity index (χ0n) is 67.5. The van der Waals surface area contributed by atoms with Crippen LogP contribution in [0.4, 0.5) is 0 Å². The van der Waals surface area contributed by atoms with E-state index < -0.39 is 86.8 Å². The zero-order chi connectivity index (χ0) is 75.8. The van der Waals surface area contributed by atoms with E-state index in [0.717, 1.165) is 70.6 Å². The van der Waals surface area contributed by atoms with Gasteiger partial charge in [0.25, 0.3) is 0 Å². The minimum atomic E-state index is -1.80. The molecule has 2 heterocycles. The monoisotopic (exact) mass is 1480 g/mol. The highest BCUT2D eigenvalue weighted by atomic mass is 16.7. The molecule has 2 saturated heterocycles. The van der Waals surface area contributed by atoms with Crippen molar-refractivity contribution in [3.63, 3.8) is 0 Å². The lowest BCUT2D eigenvalue weighted by Crippen LogP contribution is -2.65. The van der Waals surface area contributed by atoms with Crippen molar-refractivity contribution in [1.29, 1.82) is 0 Å². The quantitative estimate of drug-likeness (QED) is 0.0204. The van der Waals surface area contributed by atoms with Gasteiger partial charge in [0.1, 0.15) is 48.8 Å². The number of unbranched alkanes of at least 4 members (excludes halogenated alkanes) is 50. The first kappa shape index (κ1) is 98.2. The maximum atomic E-state index is 13.4. The highest BCUT2D eigenvalue weighted by Crippen LogP contribution is 2.30. The summed E-state index contributed by atoms with van der Waals surface area (Å²) in [5.41, 5.74) is 0. The Labute approximate surface area is 643 Å². The average Bonchev–Trinajstić information content (AvgIpc) is 0.789. The van der Waals surface area contributed by atoms with E-state index in [9.17, 15) is 45.6 Å². The first-order chi connectivity index (χ1) is 51.6. The van der Waals surface area contributed by atoms with Gasteiger partial charge in [-0.3, -0.25) is 4.79 Å². The Morgan fingerprint density at radius 1 is 0.352 bits per heavy atom.